The van der Waals surface area contributed by atoms with Crippen LogP contribution in [0, 0.1) is 0 Å². The number of hydrogen-bond donors (Lipinski definition) is 3. The molecule has 2 atom stereocenters. The van der Waals surface area contributed by atoms with Gasteiger partial charge < -0.3 is 15.5 Å². The summed E-state index contributed by atoms with van der Waals surface area (Å²) in [6.45, 7) is 4.27. The van der Waals surface area contributed by atoms with Crippen LogP contribution < -0.4 is 5.32 Å². The summed E-state index contributed by atoms with van der Waals surface area (Å²) in [7, 11) is 0. The average Bonchev–Trinajstić information content (AvgIpc) is 3.18. The van der Waals surface area contributed by atoms with Crippen molar-refractivity contribution in [1.82, 2.24) is 5.32 Å². The molecule has 0 bridgehead atoms. The van der Waals surface area contributed by atoms with Crippen LogP contribution >= 0.6 is 0 Å². The Balaban J connectivity index is 3.64. The highest BCUT2D eigenvalue weighted by molar-refractivity contribution is 5.76. The summed E-state index contributed by atoms with van der Waals surface area (Å²) < 4.78 is 0. The lowest BCUT2D eigenvalue weighted by molar-refractivity contribution is -0.123. The van der Waals surface area contributed by atoms with E-state index in [1.165, 1.54) is 173 Å². The average molecular weight is 754 g/mol. The van der Waals surface area contributed by atoms with Gasteiger partial charge in [-0.1, -0.05) is 216 Å². The number of carbonyl (C=O) groups is 1. The van der Waals surface area contributed by atoms with Gasteiger partial charge in [-0.3, -0.25) is 4.79 Å². The molecule has 4 heteroatoms. The van der Waals surface area contributed by atoms with Gasteiger partial charge in [0.15, 0.2) is 0 Å². The third-order valence-electron chi connectivity index (χ3n) is 10.5. The van der Waals surface area contributed by atoms with Gasteiger partial charge in [-0.2, -0.15) is 0 Å². The second-order valence-electron chi connectivity index (χ2n) is 15.8. The van der Waals surface area contributed by atoms with Gasteiger partial charge in [-0.05, 0) is 70.6 Å². The number of aliphatic hydroxyl groups excluding tert-OH is 2. The molecule has 0 aromatic heterocycles. The number of allylic oxidation sites excluding steroid dienone is 9. The van der Waals surface area contributed by atoms with Crippen LogP contribution in [0.25, 0.3) is 0 Å². The maximum Gasteiger partial charge on any atom is 0.220 e. The molecule has 0 spiro atoms. The van der Waals surface area contributed by atoms with Crippen LogP contribution in [0.15, 0.2) is 60.8 Å². The Morgan fingerprint density at radius 3 is 1.22 bits per heavy atom. The first-order chi connectivity index (χ1) is 26.7. The van der Waals surface area contributed by atoms with Crippen LogP contribution in [0.2, 0.25) is 0 Å². The minimum Gasteiger partial charge on any atom is -0.394 e. The van der Waals surface area contributed by atoms with Crippen molar-refractivity contribution >= 4 is 5.91 Å². The molecule has 2 unspecified atom stereocenters. The Labute approximate surface area is 336 Å². The number of unbranched alkanes of at least 4 members (excludes halogenated alkanes) is 28. The smallest absolute Gasteiger partial charge is 0.220 e. The van der Waals surface area contributed by atoms with Gasteiger partial charge >= 0.3 is 0 Å². The summed E-state index contributed by atoms with van der Waals surface area (Å²) in [5.74, 6) is -0.0827. The van der Waals surface area contributed by atoms with E-state index in [4.69, 9.17) is 0 Å². The maximum atomic E-state index is 12.4. The largest absolute Gasteiger partial charge is 0.394 e. The summed E-state index contributed by atoms with van der Waals surface area (Å²) in [6, 6.07) is -0.649. The van der Waals surface area contributed by atoms with Gasteiger partial charge in [-0.25, -0.2) is 0 Å². The Morgan fingerprint density at radius 1 is 0.444 bits per heavy atom. The van der Waals surface area contributed by atoms with Crippen LogP contribution in [-0.2, 0) is 4.79 Å². The summed E-state index contributed by atoms with van der Waals surface area (Å²) in [5, 5.41) is 23.0. The Bertz CT molecular complexity index is 904. The highest BCUT2D eigenvalue weighted by Gasteiger charge is 2.17. The molecular formula is C50H91NO3. The van der Waals surface area contributed by atoms with Crippen molar-refractivity contribution < 1.29 is 15.0 Å². The number of rotatable bonds is 42. The van der Waals surface area contributed by atoms with Crippen LogP contribution in [0.1, 0.15) is 232 Å². The summed E-state index contributed by atoms with van der Waals surface area (Å²) in [4.78, 5) is 12.4. The lowest BCUT2D eigenvalue weighted by Crippen LogP contribution is -2.45. The van der Waals surface area contributed by atoms with Crippen LogP contribution in [0.4, 0.5) is 0 Å². The summed E-state index contributed by atoms with van der Waals surface area (Å²) >= 11 is 0. The molecule has 0 saturated carbocycles. The van der Waals surface area contributed by atoms with Gasteiger partial charge in [0.2, 0.25) is 5.91 Å². The molecule has 1 amide bonds. The molecule has 0 aliphatic rings. The normalized spacial score (nSPS) is 13.5. The van der Waals surface area contributed by atoms with Gasteiger partial charge in [0.25, 0.3) is 0 Å². The van der Waals surface area contributed by atoms with E-state index < -0.39 is 12.1 Å². The summed E-state index contributed by atoms with van der Waals surface area (Å²) in [6.07, 6.45) is 63.4. The first-order valence-electron chi connectivity index (χ1n) is 23.5. The van der Waals surface area contributed by atoms with Gasteiger partial charge in [0.1, 0.15) is 0 Å². The van der Waals surface area contributed by atoms with Crippen molar-refractivity contribution in [2.75, 3.05) is 6.61 Å². The predicted octanol–water partition coefficient (Wildman–Crippen LogP) is 14.9. The van der Waals surface area contributed by atoms with E-state index in [9.17, 15) is 15.0 Å². The zero-order valence-corrected chi connectivity index (χ0v) is 36.0. The Morgan fingerprint density at radius 2 is 0.778 bits per heavy atom. The zero-order valence-electron chi connectivity index (χ0n) is 36.0. The molecule has 0 aliphatic heterocycles. The van der Waals surface area contributed by atoms with Gasteiger partial charge in [0.05, 0.1) is 18.8 Å². The lowest BCUT2D eigenvalue weighted by Gasteiger charge is -2.19. The fourth-order valence-electron chi connectivity index (χ4n) is 6.85. The van der Waals surface area contributed by atoms with Crippen molar-refractivity contribution in [1.29, 1.82) is 0 Å². The number of hydrogen-bond acceptors (Lipinski definition) is 3. The zero-order chi connectivity index (χ0) is 39.3. The molecule has 0 heterocycles. The van der Waals surface area contributed by atoms with Gasteiger partial charge in [-0.15, -0.1) is 0 Å². The molecule has 4 nitrogen and oxygen atoms in total. The number of amides is 1. The molecular weight excluding hydrogens is 663 g/mol. The number of nitrogens with one attached hydrogen (secondary N) is 1. The lowest BCUT2D eigenvalue weighted by atomic mass is 10.0. The topological polar surface area (TPSA) is 69.6 Å². The van der Waals surface area contributed by atoms with Gasteiger partial charge in [0, 0.05) is 6.42 Å². The molecule has 0 fully saturated rings. The second kappa shape index (κ2) is 45.5. The van der Waals surface area contributed by atoms with Crippen molar-refractivity contribution in [2.24, 2.45) is 0 Å². The Hall–Kier alpha value is -1.91. The third kappa shape index (κ3) is 41.3. The molecule has 54 heavy (non-hydrogen) atoms. The van der Waals surface area contributed by atoms with E-state index >= 15 is 0 Å². The molecule has 314 valence electrons. The third-order valence-corrected chi connectivity index (χ3v) is 10.5. The van der Waals surface area contributed by atoms with E-state index in [1.54, 1.807) is 6.08 Å². The number of aliphatic hydroxyl groups is 2. The fourth-order valence-corrected chi connectivity index (χ4v) is 6.85. The van der Waals surface area contributed by atoms with Crippen LogP contribution in [-0.4, -0.2) is 34.9 Å². The molecule has 0 aromatic rings. The van der Waals surface area contributed by atoms with E-state index in [-0.39, 0.29) is 12.5 Å². The van der Waals surface area contributed by atoms with E-state index in [0.29, 0.717) is 6.42 Å². The second-order valence-corrected chi connectivity index (χ2v) is 15.8. The van der Waals surface area contributed by atoms with Crippen LogP contribution in [0.3, 0.4) is 0 Å². The highest BCUT2D eigenvalue weighted by atomic mass is 16.3. The minimum absolute atomic E-state index is 0.0827. The SMILES string of the molecule is CCCCC/C=C\C=C/CCCCCCCCCCCCC(=O)NC(CO)C(O)/C=C/CC/C=C/CC/C=C/CCCCCCCCCCCCCCC. The van der Waals surface area contributed by atoms with Crippen molar-refractivity contribution in [3.05, 3.63) is 60.8 Å². The quantitative estimate of drug-likeness (QED) is 0.0330. The van der Waals surface area contributed by atoms with Crippen molar-refractivity contribution in [2.45, 2.75) is 244 Å². The van der Waals surface area contributed by atoms with Crippen LogP contribution in [0.5, 0.6) is 0 Å². The van der Waals surface area contributed by atoms with E-state index in [2.05, 4.69) is 67.8 Å². The molecule has 0 saturated heterocycles. The summed E-state index contributed by atoms with van der Waals surface area (Å²) in [5.41, 5.74) is 0. The Kier molecular flexibility index (Phi) is 43.9. The van der Waals surface area contributed by atoms with E-state index in [1.807, 2.05) is 6.08 Å². The van der Waals surface area contributed by atoms with Crippen molar-refractivity contribution in [3.63, 3.8) is 0 Å². The first kappa shape index (κ1) is 52.1. The maximum absolute atomic E-state index is 12.4. The highest BCUT2D eigenvalue weighted by Crippen LogP contribution is 2.14. The number of carbonyl (C=O) groups excluding carboxylic acids is 1. The molecule has 3 N–H and O–H groups in total. The standard InChI is InChI=1S/C50H91NO3/c1-3-5-7-9-11-13-15-17-19-21-23-24-25-26-28-29-31-33-35-37-39-41-43-45-49(53)48(47-52)51-50(54)46-44-42-40-38-36-34-32-30-27-22-20-18-16-14-12-10-8-6-4-2/h12,14,16,18,28-29,35,37,43,45,48-49,52-53H,3-11,13,15,17,19-27,30-34,36,38-42,44,46-47H2,1-2H3,(H,51,54)/b14-12-,18-16-,29-28+,37-35+,45-43+. The molecule has 0 aromatic carbocycles. The molecule has 0 rings (SSSR count). The fraction of sp³-hybridized carbons (Fsp3) is 0.780. The molecule has 0 radical (unpaired) electrons. The first-order valence-corrected chi connectivity index (χ1v) is 23.5. The minimum atomic E-state index is -0.873. The van der Waals surface area contributed by atoms with Crippen molar-refractivity contribution in [3.8, 4) is 0 Å². The molecule has 0 aliphatic carbocycles. The monoisotopic (exact) mass is 754 g/mol. The predicted molar refractivity (Wildman–Crippen MR) is 239 cm³/mol. The van der Waals surface area contributed by atoms with E-state index in [0.717, 1.165) is 38.5 Å².